The van der Waals surface area contributed by atoms with E-state index in [4.69, 9.17) is 9.47 Å². The minimum absolute atomic E-state index is 0.0305. The highest BCUT2D eigenvalue weighted by molar-refractivity contribution is 7.89. The maximum absolute atomic E-state index is 12.5. The lowest BCUT2D eigenvalue weighted by molar-refractivity contribution is 0.0444. The Morgan fingerprint density at radius 1 is 1.00 bits per heavy atom. The molecule has 0 fully saturated rings. The largest absolute Gasteiger partial charge is 0.462 e. The molecular weight excluding hydrogens is 420 g/mol. The monoisotopic (exact) mass is 442 g/mol. The van der Waals surface area contributed by atoms with Crippen molar-refractivity contribution < 1.29 is 27.5 Å². The number of hydrogen-bond acceptors (Lipinski definition) is 7. The molecule has 1 aromatic heterocycles. The highest BCUT2D eigenvalue weighted by atomic mass is 32.2. The van der Waals surface area contributed by atoms with E-state index >= 15 is 0 Å². The summed E-state index contributed by atoms with van der Waals surface area (Å²) >= 11 is 0. The highest BCUT2D eigenvalue weighted by Crippen LogP contribution is 2.24. The number of carbonyl (C=O) groups excluding carboxylic acids is 2. The molecule has 0 saturated heterocycles. The first-order valence-corrected chi connectivity index (χ1v) is 11.0. The standard InChI is InChI=1S/C22H22N2O6S/c1-4-29-22(26)20-14(2)17-7-5-6-8-18(17)24-19(20)13-30-21(25)15-9-11-16(12-10-15)31(27,28)23-3/h5-12,23H,4,13H2,1-3H3. The number of rotatable bonds is 7. The van der Waals surface area contributed by atoms with Gasteiger partial charge in [-0.1, -0.05) is 18.2 Å². The first kappa shape index (κ1) is 22.4. The van der Waals surface area contributed by atoms with Gasteiger partial charge in [-0.05, 0) is 56.8 Å². The van der Waals surface area contributed by atoms with Crippen molar-refractivity contribution in [2.75, 3.05) is 13.7 Å². The van der Waals surface area contributed by atoms with Crippen molar-refractivity contribution in [2.45, 2.75) is 25.3 Å². The molecule has 0 saturated carbocycles. The number of aryl methyl sites for hydroxylation is 1. The minimum Gasteiger partial charge on any atom is -0.462 e. The lowest BCUT2D eigenvalue weighted by atomic mass is 10.0. The van der Waals surface area contributed by atoms with Crippen molar-refractivity contribution in [3.8, 4) is 0 Å². The molecule has 31 heavy (non-hydrogen) atoms. The van der Waals surface area contributed by atoms with E-state index in [9.17, 15) is 18.0 Å². The van der Waals surface area contributed by atoms with Crippen molar-refractivity contribution in [3.05, 3.63) is 70.9 Å². The SMILES string of the molecule is CCOC(=O)c1c(COC(=O)c2ccc(S(=O)(=O)NC)cc2)nc2ccccc2c1C. The summed E-state index contributed by atoms with van der Waals surface area (Å²) in [4.78, 5) is 29.5. The first-order valence-electron chi connectivity index (χ1n) is 9.54. The van der Waals surface area contributed by atoms with Crippen molar-refractivity contribution in [2.24, 2.45) is 0 Å². The van der Waals surface area contributed by atoms with Crippen LogP contribution in [0.25, 0.3) is 10.9 Å². The van der Waals surface area contributed by atoms with Gasteiger partial charge in [0.05, 0.1) is 33.8 Å². The van der Waals surface area contributed by atoms with Crippen LogP contribution >= 0.6 is 0 Å². The Hall–Kier alpha value is -3.30. The Morgan fingerprint density at radius 3 is 2.32 bits per heavy atom. The van der Waals surface area contributed by atoms with Crippen LogP contribution in [0.5, 0.6) is 0 Å². The molecule has 0 radical (unpaired) electrons. The summed E-state index contributed by atoms with van der Waals surface area (Å²) in [5.74, 6) is -1.21. The second-order valence-electron chi connectivity index (χ2n) is 6.60. The molecule has 1 N–H and O–H groups in total. The number of hydrogen-bond donors (Lipinski definition) is 1. The highest BCUT2D eigenvalue weighted by Gasteiger charge is 2.21. The summed E-state index contributed by atoms with van der Waals surface area (Å²) < 4.78 is 36.3. The second kappa shape index (κ2) is 9.23. The number of benzene rings is 2. The molecule has 162 valence electrons. The van der Waals surface area contributed by atoms with Crippen LogP contribution in [0.15, 0.2) is 53.4 Å². The molecule has 8 nitrogen and oxygen atoms in total. The molecule has 9 heteroatoms. The average molecular weight is 442 g/mol. The number of aromatic nitrogens is 1. The van der Waals surface area contributed by atoms with Crippen LogP contribution in [0.4, 0.5) is 0 Å². The summed E-state index contributed by atoms with van der Waals surface area (Å²) in [6.07, 6.45) is 0. The number of para-hydroxylation sites is 1. The van der Waals surface area contributed by atoms with Crippen LogP contribution < -0.4 is 4.72 Å². The molecule has 1 heterocycles. The van der Waals surface area contributed by atoms with Gasteiger partial charge in [0.1, 0.15) is 6.61 Å². The number of nitrogens with one attached hydrogen (secondary N) is 1. The number of nitrogens with zero attached hydrogens (tertiary/aromatic N) is 1. The van der Waals surface area contributed by atoms with Crippen LogP contribution in [-0.2, 0) is 26.1 Å². The summed E-state index contributed by atoms with van der Waals surface area (Å²) in [7, 11) is -2.30. The average Bonchev–Trinajstić information content (AvgIpc) is 2.77. The quantitative estimate of drug-likeness (QED) is 0.560. The third-order valence-corrected chi connectivity index (χ3v) is 6.15. The topological polar surface area (TPSA) is 112 Å². The maximum atomic E-state index is 12.5. The zero-order chi connectivity index (χ0) is 22.6. The van der Waals surface area contributed by atoms with Crippen LogP contribution in [0.3, 0.4) is 0 Å². The minimum atomic E-state index is -3.61. The molecule has 0 bridgehead atoms. The fourth-order valence-corrected chi connectivity index (χ4v) is 3.85. The van der Waals surface area contributed by atoms with Crippen molar-refractivity contribution in [1.29, 1.82) is 0 Å². The van der Waals surface area contributed by atoms with E-state index < -0.39 is 22.0 Å². The maximum Gasteiger partial charge on any atom is 0.340 e. The molecule has 0 unspecified atom stereocenters. The third kappa shape index (κ3) is 4.73. The van der Waals surface area contributed by atoms with Gasteiger partial charge in [-0.2, -0.15) is 0 Å². The molecule has 0 spiro atoms. The molecule has 2 aromatic carbocycles. The van der Waals surface area contributed by atoms with E-state index in [1.54, 1.807) is 13.8 Å². The van der Waals surface area contributed by atoms with Gasteiger partial charge in [-0.3, -0.25) is 0 Å². The molecule has 3 rings (SSSR count). The number of esters is 2. The summed E-state index contributed by atoms with van der Waals surface area (Å²) in [6, 6.07) is 12.7. The Morgan fingerprint density at radius 2 is 1.68 bits per heavy atom. The van der Waals surface area contributed by atoms with Crippen LogP contribution in [0.2, 0.25) is 0 Å². The van der Waals surface area contributed by atoms with Crippen molar-refractivity contribution in [3.63, 3.8) is 0 Å². The Labute approximate surface area is 180 Å². The van der Waals surface area contributed by atoms with E-state index in [0.717, 1.165) is 5.39 Å². The lowest BCUT2D eigenvalue weighted by Crippen LogP contribution is -2.18. The van der Waals surface area contributed by atoms with Crippen LogP contribution in [-0.4, -0.2) is 39.0 Å². The predicted molar refractivity (Wildman–Crippen MR) is 114 cm³/mol. The predicted octanol–water partition coefficient (Wildman–Crippen LogP) is 2.99. The molecule has 3 aromatic rings. The number of ether oxygens (including phenoxy) is 2. The zero-order valence-electron chi connectivity index (χ0n) is 17.3. The first-order chi connectivity index (χ1) is 14.8. The second-order valence-corrected chi connectivity index (χ2v) is 8.49. The summed E-state index contributed by atoms with van der Waals surface area (Å²) in [6.45, 7) is 3.46. The Balaban J connectivity index is 1.88. The van der Waals surface area contributed by atoms with Gasteiger partial charge in [0.15, 0.2) is 0 Å². The molecule has 0 aliphatic heterocycles. The van der Waals surface area contributed by atoms with E-state index in [-0.39, 0.29) is 34.9 Å². The molecule has 0 amide bonds. The number of fused-ring (bicyclic) bond motifs is 1. The van der Waals surface area contributed by atoms with Gasteiger partial charge in [-0.25, -0.2) is 27.7 Å². The molecule has 0 aliphatic rings. The van der Waals surface area contributed by atoms with Gasteiger partial charge >= 0.3 is 11.9 Å². The van der Waals surface area contributed by atoms with Gasteiger partial charge < -0.3 is 9.47 Å². The normalized spacial score (nSPS) is 11.3. The van der Waals surface area contributed by atoms with E-state index in [1.165, 1.54) is 31.3 Å². The van der Waals surface area contributed by atoms with Crippen molar-refractivity contribution >= 4 is 32.9 Å². The van der Waals surface area contributed by atoms with Crippen molar-refractivity contribution in [1.82, 2.24) is 9.71 Å². The summed E-state index contributed by atoms with van der Waals surface area (Å²) in [5, 5.41) is 0.807. The Bertz CT molecular complexity index is 1240. The van der Waals surface area contributed by atoms with Crippen LogP contribution in [0.1, 0.15) is 38.9 Å². The van der Waals surface area contributed by atoms with Crippen LogP contribution in [0, 0.1) is 6.92 Å². The van der Waals surface area contributed by atoms with Gasteiger partial charge in [0.2, 0.25) is 10.0 Å². The Kier molecular flexibility index (Phi) is 6.67. The molecule has 0 atom stereocenters. The fraction of sp³-hybridized carbons (Fsp3) is 0.227. The molecule has 0 aliphatic carbocycles. The number of pyridine rings is 1. The lowest BCUT2D eigenvalue weighted by Gasteiger charge is -2.14. The third-order valence-electron chi connectivity index (χ3n) is 4.72. The van der Waals surface area contributed by atoms with E-state index in [2.05, 4.69) is 9.71 Å². The number of carbonyl (C=O) groups is 2. The molecular formula is C22H22N2O6S. The smallest absolute Gasteiger partial charge is 0.340 e. The van der Waals surface area contributed by atoms with Gasteiger partial charge in [0.25, 0.3) is 0 Å². The van der Waals surface area contributed by atoms with E-state index in [0.29, 0.717) is 11.1 Å². The fourth-order valence-electron chi connectivity index (χ4n) is 3.12. The van der Waals surface area contributed by atoms with E-state index in [1.807, 2.05) is 24.3 Å². The number of sulfonamides is 1. The van der Waals surface area contributed by atoms with Gasteiger partial charge in [-0.15, -0.1) is 0 Å². The van der Waals surface area contributed by atoms with Gasteiger partial charge in [0, 0.05) is 5.39 Å². The summed E-state index contributed by atoms with van der Waals surface area (Å²) in [5.41, 5.74) is 2.09. The zero-order valence-corrected chi connectivity index (χ0v) is 18.2.